The highest BCUT2D eigenvalue weighted by Crippen LogP contribution is 2.18. The Balaban J connectivity index is 1.54. The summed E-state index contributed by atoms with van der Waals surface area (Å²) in [5, 5.41) is 2.98. The van der Waals surface area contributed by atoms with Crippen LogP contribution in [-0.2, 0) is 9.53 Å². The molecule has 0 aromatic carbocycles. The molecule has 2 fully saturated rings. The first-order valence-electron chi connectivity index (χ1n) is 7.65. The summed E-state index contributed by atoms with van der Waals surface area (Å²) in [5.41, 5.74) is 5.54. The minimum absolute atomic E-state index is 0.0367. The molecule has 0 aliphatic carbocycles. The Morgan fingerprint density at radius 2 is 2.05 bits per heavy atom. The van der Waals surface area contributed by atoms with Crippen LogP contribution < -0.4 is 11.1 Å². The van der Waals surface area contributed by atoms with Gasteiger partial charge >= 0.3 is 0 Å². The minimum Gasteiger partial charge on any atom is -0.364 e. The molecule has 19 heavy (non-hydrogen) atoms. The van der Waals surface area contributed by atoms with Crippen LogP contribution in [0.15, 0.2) is 0 Å². The number of amides is 1. The van der Waals surface area contributed by atoms with Crippen molar-refractivity contribution in [3.8, 4) is 0 Å². The number of likely N-dealkylation sites (tertiary alicyclic amines) is 1. The normalized spacial score (nSPS) is 28.5. The van der Waals surface area contributed by atoms with Crippen LogP contribution in [-0.4, -0.2) is 55.7 Å². The number of nitrogens with zero attached hydrogens (tertiary/aromatic N) is 1. The second-order valence-corrected chi connectivity index (χ2v) is 5.61. The van der Waals surface area contributed by atoms with Crippen molar-refractivity contribution in [3.05, 3.63) is 0 Å². The van der Waals surface area contributed by atoms with Crippen LogP contribution in [0.1, 0.15) is 38.5 Å². The van der Waals surface area contributed by atoms with Crippen molar-refractivity contribution >= 4 is 5.91 Å². The fourth-order valence-electron chi connectivity index (χ4n) is 2.88. The molecule has 2 atom stereocenters. The first kappa shape index (κ1) is 14.8. The molecule has 5 heteroatoms. The van der Waals surface area contributed by atoms with E-state index >= 15 is 0 Å². The molecule has 2 saturated heterocycles. The Morgan fingerprint density at radius 3 is 2.74 bits per heavy atom. The van der Waals surface area contributed by atoms with Gasteiger partial charge in [0.1, 0.15) is 6.10 Å². The molecule has 2 heterocycles. The summed E-state index contributed by atoms with van der Waals surface area (Å²) in [6.45, 7) is 4.80. The number of carbonyl (C=O) groups excluding carboxylic acids is 1. The molecule has 0 saturated carbocycles. The number of piperidine rings is 1. The quantitative estimate of drug-likeness (QED) is 0.689. The third-order valence-electron chi connectivity index (χ3n) is 4.06. The van der Waals surface area contributed by atoms with E-state index in [-0.39, 0.29) is 18.1 Å². The van der Waals surface area contributed by atoms with Crippen LogP contribution in [0.2, 0.25) is 0 Å². The minimum atomic E-state index is -0.275. The van der Waals surface area contributed by atoms with Crippen LogP contribution in [0.3, 0.4) is 0 Å². The van der Waals surface area contributed by atoms with Gasteiger partial charge in [0.05, 0.1) is 6.10 Å². The van der Waals surface area contributed by atoms with E-state index in [1.807, 2.05) is 0 Å². The second kappa shape index (κ2) is 7.82. The molecule has 3 N–H and O–H groups in total. The van der Waals surface area contributed by atoms with Gasteiger partial charge in [-0.25, -0.2) is 0 Å². The number of hydrogen-bond acceptors (Lipinski definition) is 4. The summed E-state index contributed by atoms with van der Waals surface area (Å²) in [6, 6.07) is 0. The zero-order chi connectivity index (χ0) is 13.5. The molecule has 2 aliphatic rings. The predicted octanol–water partition coefficient (Wildman–Crippen LogP) is 0.485. The topological polar surface area (TPSA) is 67.6 Å². The predicted molar refractivity (Wildman–Crippen MR) is 74.9 cm³/mol. The zero-order valence-electron chi connectivity index (χ0n) is 11.8. The molecule has 2 rings (SSSR count). The molecule has 2 aliphatic heterocycles. The maximum atomic E-state index is 11.9. The SMILES string of the molecule is NC[C@H]1CC[C@@H](C(=O)NCCCN2CCCCC2)O1. The molecule has 0 radical (unpaired) electrons. The fraction of sp³-hybridized carbons (Fsp3) is 0.929. The highest BCUT2D eigenvalue weighted by Gasteiger charge is 2.29. The van der Waals surface area contributed by atoms with Crippen molar-refractivity contribution in [3.63, 3.8) is 0 Å². The molecule has 0 spiro atoms. The summed E-state index contributed by atoms with van der Waals surface area (Å²) in [4.78, 5) is 14.4. The van der Waals surface area contributed by atoms with E-state index in [4.69, 9.17) is 10.5 Å². The summed E-state index contributed by atoms with van der Waals surface area (Å²) >= 11 is 0. The lowest BCUT2D eigenvalue weighted by Gasteiger charge is -2.26. The van der Waals surface area contributed by atoms with Crippen LogP contribution in [0.4, 0.5) is 0 Å². The van der Waals surface area contributed by atoms with Gasteiger partial charge in [-0.15, -0.1) is 0 Å². The van der Waals surface area contributed by atoms with Crippen molar-refractivity contribution in [2.75, 3.05) is 32.7 Å². The Labute approximate surface area is 115 Å². The van der Waals surface area contributed by atoms with Crippen molar-refractivity contribution in [2.45, 2.75) is 50.7 Å². The van der Waals surface area contributed by atoms with E-state index in [9.17, 15) is 4.79 Å². The maximum absolute atomic E-state index is 11.9. The van der Waals surface area contributed by atoms with E-state index in [1.165, 1.54) is 32.4 Å². The van der Waals surface area contributed by atoms with E-state index < -0.39 is 0 Å². The third kappa shape index (κ3) is 4.75. The highest BCUT2D eigenvalue weighted by atomic mass is 16.5. The Kier molecular flexibility index (Phi) is 6.07. The van der Waals surface area contributed by atoms with Gasteiger partial charge in [-0.2, -0.15) is 0 Å². The third-order valence-corrected chi connectivity index (χ3v) is 4.06. The number of ether oxygens (including phenoxy) is 1. The van der Waals surface area contributed by atoms with E-state index in [1.54, 1.807) is 0 Å². The van der Waals surface area contributed by atoms with Gasteiger partial charge in [-0.05, 0) is 51.7 Å². The molecular formula is C14H27N3O2. The Bertz CT molecular complexity index is 280. The Hall–Kier alpha value is -0.650. The van der Waals surface area contributed by atoms with E-state index in [0.717, 1.165) is 32.4 Å². The molecule has 0 aromatic rings. The molecular weight excluding hydrogens is 242 g/mol. The average molecular weight is 269 g/mol. The largest absolute Gasteiger partial charge is 0.364 e. The van der Waals surface area contributed by atoms with E-state index in [0.29, 0.717) is 6.54 Å². The Morgan fingerprint density at radius 1 is 1.26 bits per heavy atom. The van der Waals surface area contributed by atoms with Gasteiger partial charge in [0.15, 0.2) is 0 Å². The maximum Gasteiger partial charge on any atom is 0.249 e. The molecule has 0 bridgehead atoms. The van der Waals surface area contributed by atoms with Crippen LogP contribution >= 0.6 is 0 Å². The van der Waals surface area contributed by atoms with E-state index in [2.05, 4.69) is 10.2 Å². The summed E-state index contributed by atoms with van der Waals surface area (Å²) in [7, 11) is 0. The number of nitrogens with two attached hydrogens (primary N) is 1. The van der Waals surface area contributed by atoms with Crippen molar-refractivity contribution in [1.82, 2.24) is 10.2 Å². The lowest BCUT2D eigenvalue weighted by molar-refractivity contribution is -0.131. The van der Waals surface area contributed by atoms with Crippen molar-refractivity contribution < 1.29 is 9.53 Å². The van der Waals surface area contributed by atoms with Crippen LogP contribution in [0, 0.1) is 0 Å². The monoisotopic (exact) mass is 269 g/mol. The summed E-state index contributed by atoms with van der Waals surface area (Å²) in [6.07, 6.45) is 6.55. The standard InChI is InChI=1S/C14H27N3O2/c15-11-12-5-6-13(19-12)14(18)16-7-4-10-17-8-2-1-3-9-17/h12-13H,1-11,15H2,(H,16,18)/t12-,13+/m1/s1. The molecule has 1 amide bonds. The van der Waals surface area contributed by atoms with Gasteiger partial charge in [-0.1, -0.05) is 6.42 Å². The first-order valence-corrected chi connectivity index (χ1v) is 7.65. The smallest absolute Gasteiger partial charge is 0.249 e. The van der Waals surface area contributed by atoms with Gasteiger partial charge in [0, 0.05) is 13.1 Å². The van der Waals surface area contributed by atoms with Gasteiger partial charge < -0.3 is 20.7 Å². The van der Waals surface area contributed by atoms with Gasteiger partial charge in [0.2, 0.25) is 5.91 Å². The lowest BCUT2D eigenvalue weighted by atomic mass is 10.1. The number of rotatable bonds is 6. The molecule has 5 nitrogen and oxygen atoms in total. The average Bonchev–Trinajstić information content (AvgIpc) is 2.93. The first-order chi connectivity index (χ1) is 9.29. The fourth-order valence-corrected chi connectivity index (χ4v) is 2.88. The summed E-state index contributed by atoms with van der Waals surface area (Å²) in [5.74, 6) is 0.0367. The van der Waals surface area contributed by atoms with Crippen LogP contribution in [0.25, 0.3) is 0 Å². The molecule has 110 valence electrons. The second-order valence-electron chi connectivity index (χ2n) is 5.61. The lowest BCUT2D eigenvalue weighted by Crippen LogP contribution is -2.37. The summed E-state index contributed by atoms with van der Waals surface area (Å²) < 4.78 is 5.57. The number of carbonyl (C=O) groups is 1. The number of nitrogens with one attached hydrogen (secondary N) is 1. The molecule has 0 aromatic heterocycles. The molecule has 0 unspecified atom stereocenters. The van der Waals surface area contributed by atoms with Crippen molar-refractivity contribution in [2.24, 2.45) is 5.73 Å². The van der Waals surface area contributed by atoms with Gasteiger partial charge in [-0.3, -0.25) is 4.79 Å². The van der Waals surface area contributed by atoms with Gasteiger partial charge in [0.25, 0.3) is 0 Å². The highest BCUT2D eigenvalue weighted by molar-refractivity contribution is 5.80. The van der Waals surface area contributed by atoms with Crippen LogP contribution in [0.5, 0.6) is 0 Å². The zero-order valence-corrected chi connectivity index (χ0v) is 11.8. The van der Waals surface area contributed by atoms with Crippen molar-refractivity contribution in [1.29, 1.82) is 0 Å². The number of hydrogen-bond donors (Lipinski definition) is 2.